The lowest BCUT2D eigenvalue weighted by atomic mass is 10.1. The number of carbonyl (C=O) groups is 2. The first-order valence-corrected chi connectivity index (χ1v) is 6.87. The summed E-state index contributed by atoms with van der Waals surface area (Å²) in [5, 5.41) is 22.7. The molecule has 1 saturated heterocycles. The van der Waals surface area contributed by atoms with Crippen LogP contribution < -0.4 is 10.2 Å². The molecule has 0 spiro atoms. The zero-order valence-corrected chi connectivity index (χ0v) is 12.2. The number of phenolic OH excluding ortho intramolecular Hbond substituents is 1. The summed E-state index contributed by atoms with van der Waals surface area (Å²) in [6.45, 7) is 0. The van der Waals surface area contributed by atoms with E-state index in [1.165, 1.54) is 12.1 Å². The van der Waals surface area contributed by atoms with Crippen LogP contribution in [0.25, 0.3) is 6.08 Å². The number of nitro groups is 1. The van der Waals surface area contributed by atoms with Gasteiger partial charge in [-0.3, -0.25) is 14.9 Å². The number of benzene rings is 2. The third-order valence-electron chi connectivity index (χ3n) is 3.40. The lowest BCUT2D eigenvalue weighted by Gasteiger charge is -2.10. The Labute approximate surface area is 135 Å². The maximum Gasteiger partial charge on any atom is 0.333 e. The van der Waals surface area contributed by atoms with Gasteiger partial charge in [0.05, 0.1) is 10.6 Å². The molecule has 2 aromatic rings. The molecule has 0 atom stereocenters. The molecule has 1 heterocycles. The second kappa shape index (κ2) is 5.84. The van der Waals surface area contributed by atoms with Crippen molar-refractivity contribution in [1.82, 2.24) is 5.32 Å². The SMILES string of the molecule is O=C1N/C(=C\c2ccc(O)c([N+](=O)[O-])c2)C(=O)N1c1ccccc1. The predicted octanol–water partition coefficient (Wildman–Crippen LogP) is 2.40. The highest BCUT2D eigenvalue weighted by Crippen LogP contribution is 2.28. The quantitative estimate of drug-likeness (QED) is 0.389. The number of rotatable bonds is 3. The van der Waals surface area contributed by atoms with Gasteiger partial charge in [0.25, 0.3) is 5.91 Å². The number of nitro benzene ring substituents is 1. The highest BCUT2D eigenvalue weighted by molar-refractivity contribution is 6.28. The van der Waals surface area contributed by atoms with Crippen molar-refractivity contribution in [3.8, 4) is 5.75 Å². The number of urea groups is 1. The number of para-hydroxylation sites is 1. The van der Waals surface area contributed by atoms with Crippen LogP contribution >= 0.6 is 0 Å². The van der Waals surface area contributed by atoms with Crippen molar-refractivity contribution >= 4 is 29.4 Å². The van der Waals surface area contributed by atoms with Gasteiger partial charge < -0.3 is 10.4 Å². The van der Waals surface area contributed by atoms with Crippen molar-refractivity contribution in [2.75, 3.05) is 4.90 Å². The van der Waals surface area contributed by atoms with E-state index in [-0.39, 0.29) is 5.70 Å². The number of carbonyl (C=O) groups excluding carboxylic acids is 2. The van der Waals surface area contributed by atoms with Crippen LogP contribution in [0.4, 0.5) is 16.2 Å². The predicted molar refractivity (Wildman–Crippen MR) is 85.2 cm³/mol. The minimum Gasteiger partial charge on any atom is -0.502 e. The average molecular weight is 325 g/mol. The maximum absolute atomic E-state index is 12.4. The van der Waals surface area contributed by atoms with Crippen molar-refractivity contribution in [3.05, 3.63) is 69.9 Å². The molecule has 0 aliphatic carbocycles. The van der Waals surface area contributed by atoms with Gasteiger partial charge in [-0.25, -0.2) is 9.69 Å². The number of amides is 3. The number of anilines is 1. The van der Waals surface area contributed by atoms with E-state index in [2.05, 4.69) is 5.32 Å². The second-order valence-corrected chi connectivity index (χ2v) is 4.97. The molecule has 1 aliphatic rings. The number of hydrogen-bond acceptors (Lipinski definition) is 5. The van der Waals surface area contributed by atoms with Gasteiger partial charge in [-0.15, -0.1) is 0 Å². The number of nitrogens with one attached hydrogen (secondary N) is 1. The zero-order chi connectivity index (χ0) is 17.3. The van der Waals surface area contributed by atoms with Crippen LogP contribution in [0.15, 0.2) is 54.2 Å². The topological polar surface area (TPSA) is 113 Å². The summed E-state index contributed by atoms with van der Waals surface area (Å²) in [4.78, 5) is 35.5. The molecular formula is C16H11N3O5. The zero-order valence-electron chi connectivity index (χ0n) is 12.2. The summed E-state index contributed by atoms with van der Waals surface area (Å²) in [6, 6.07) is 11.5. The molecule has 8 nitrogen and oxygen atoms in total. The summed E-state index contributed by atoms with van der Waals surface area (Å²) < 4.78 is 0. The summed E-state index contributed by atoms with van der Waals surface area (Å²) in [5.74, 6) is -1.04. The van der Waals surface area contributed by atoms with E-state index in [0.717, 1.165) is 17.0 Å². The molecule has 120 valence electrons. The van der Waals surface area contributed by atoms with E-state index >= 15 is 0 Å². The molecule has 0 aromatic heterocycles. The molecular weight excluding hydrogens is 314 g/mol. The van der Waals surface area contributed by atoms with E-state index in [1.54, 1.807) is 30.3 Å². The average Bonchev–Trinajstić information content (AvgIpc) is 2.83. The van der Waals surface area contributed by atoms with Crippen molar-refractivity contribution in [1.29, 1.82) is 0 Å². The third kappa shape index (κ3) is 2.68. The van der Waals surface area contributed by atoms with Crippen LogP contribution in [0.2, 0.25) is 0 Å². The molecule has 3 amide bonds. The van der Waals surface area contributed by atoms with Crippen LogP contribution in [0.5, 0.6) is 5.75 Å². The number of hydrogen-bond donors (Lipinski definition) is 2. The van der Waals surface area contributed by atoms with Gasteiger partial charge in [-0.2, -0.15) is 0 Å². The highest BCUT2D eigenvalue weighted by Gasteiger charge is 2.34. The molecule has 24 heavy (non-hydrogen) atoms. The number of aromatic hydroxyl groups is 1. The lowest BCUT2D eigenvalue weighted by molar-refractivity contribution is -0.385. The Morgan fingerprint density at radius 1 is 1.12 bits per heavy atom. The Hall–Kier alpha value is -3.68. The number of nitrogens with zero attached hydrogens (tertiary/aromatic N) is 2. The van der Waals surface area contributed by atoms with Crippen LogP contribution in [-0.4, -0.2) is 22.0 Å². The van der Waals surface area contributed by atoms with Crippen molar-refractivity contribution in [3.63, 3.8) is 0 Å². The van der Waals surface area contributed by atoms with Crippen molar-refractivity contribution < 1.29 is 19.6 Å². The first-order valence-electron chi connectivity index (χ1n) is 6.87. The minimum atomic E-state index is -0.733. The van der Waals surface area contributed by atoms with Gasteiger partial charge in [0.15, 0.2) is 5.75 Å². The first-order chi connectivity index (χ1) is 11.5. The maximum atomic E-state index is 12.4. The van der Waals surface area contributed by atoms with Gasteiger partial charge in [-0.1, -0.05) is 24.3 Å². The highest BCUT2D eigenvalue weighted by atomic mass is 16.6. The Morgan fingerprint density at radius 3 is 2.50 bits per heavy atom. The van der Waals surface area contributed by atoms with Gasteiger partial charge in [-0.05, 0) is 29.8 Å². The second-order valence-electron chi connectivity index (χ2n) is 4.97. The number of phenols is 1. The Kier molecular flexibility index (Phi) is 3.70. The van der Waals surface area contributed by atoms with Gasteiger partial charge in [0.1, 0.15) is 5.70 Å². The van der Waals surface area contributed by atoms with Gasteiger partial charge in [0, 0.05) is 6.07 Å². The summed E-state index contributed by atoms with van der Waals surface area (Å²) in [5.41, 5.74) is 0.225. The summed E-state index contributed by atoms with van der Waals surface area (Å²) >= 11 is 0. The van der Waals surface area contributed by atoms with Gasteiger partial charge in [0.2, 0.25) is 0 Å². The Morgan fingerprint density at radius 2 is 1.83 bits per heavy atom. The summed E-state index contributed by atoms with van der Waals surface area (Å²) in [6.07, 6.45) is 1.32. The number of imide groups is 1. The van der Waals surface area contributed by atoms with Crippen molar-refractivity contribution in [2.24, 2.45) is 0 Å². The van der Waals surface area contributed by atoms with E-state index in [9.17, 15) is 24.8 Å². The monoisotopic (exact) mass is 325 g/mol. The van der Waals surface area contributed by atoms with Crippen LogP contribution in [0, 0.1) is 10.1 Å². The molecule has 2 N–H and O–H groups in total. The molecule has 1 fully saturated rings. The molecule has 0 radical (unpaired) electrons. The minimum absolute atomic E-state index is 0.0103. The molecule has 0 unspecified atom stereocenters. The third-order valence-corrected chi connectivity index (χ3v) is 3.40. The van der Waals surface area contributed by atoms with E-state index in [1.807, 2.05) is 0 Å². The smallest absolute Gasteiger partial charge is 0.333 e. The van der Waals surface area contributed by atoms with Crippen LogP contribution in [0.1, 0.15) is 5.56 Å². The molecule has 2 aromatic carbocycles. The van der Waals surface area contributed by atoms with Crippen LogP contribution in [-0.2, 0) is 4.79 Å². The normalized spacial score (nSPS) is 15.7. The lowest BCUT2D eigenvalue weighted by Crippen LogP contribution is -2.30. The Balaban J connectivity index is 1.95. The molecule has 0 bridgehead atoms. The fraction of sp³-hybridized carbons (Fsp3) is 0. The van der Waals surface area contributed by atoms with Gasteiger partial charge >= 0.3 is 11.7 Å². The van der Waals surface area contributed by atoms with E-state index in [0.29, 0.717) is 11.3 Å². The molecule has 1 aliphatic heterocycles. The fourth-order valence-electron chi connectivity index (χ4n) is 2.29. The van der Waals surface area contributed by atoms with Crippen LogP contribution in [0.3, 0.4) is 0 Å². The molecule has 3 rings (SSSR count). The Bertz CT molecular complexity index is 877. The first kappa shape index (κ1) is 15.2. The summed E-state index contributed by atoms with van der Waals surface area (Å²) in [7, 11) is 0. The fourth-order valence-corrected chi connectivity index (χ4v) is 2.29. The molecule has 0 saturated carbocycles. The van der Waals surface area contributed by atoms with E-state index in [4.69, 9.17) is 0 Å². The van der Waals surface area contributed by atoms with E-state index < -0.39 is 28.3 Å². The molecule has 8 heteroatoms. The standard InChI is InChI=1S/C16H11N3O5/c20-14-7-6-10(9-13(14)19(23)24)8-12-15(21)18(16(22)17-12)11-4-2-1-3-5-11/h1-9,20H,(H,17,22)/b12-8-. The van der Waals surface area contributed by atoms with Crippen molar-refractivity contribution in [2.45, 2.75) is 0 Å². The largest absolute Gasteiger partial charge is 0.502 e.